The normalized spacial score (nSPS) is 16.9. The quantitative estimate of drug-likeness (QED) is 0.681. The summed E-state index contributed by atoms with van der Waals surface area (Å²) in [5.74, 6) is 0.0125. The number of rotatable bonds is 8. The van der Waals surface area contributed by atoms with Crippen LogP contribution in [0.3, 0.4) is 0 Å². The number of aromatic nitrogens is 1. The van der Waals surface area contributed by atoms with Crippen LogP contribution in [0.1, 0.15) is 58.4 Å². The van der Waals surface area contributed by atoms with Crippen LogP contribution in [0.15, 0.2) is 35.4 Å². The van der Waals surface area contributed by atoms with E-state index in [1.807, 2.05) is 29.8 Å². The molecule has 0 saturated carbocycles. The molecule has 1 amide bonds. The van der Waals surface area contributed by atoms with Crippen molar-refractivity contribution in [1.82, 2.24) is 14.2 Å². The molecule has 2 aromatic rings. The summed E-state index contributed by atoms with van der Waals surface area (Å²) in [7, 11) is -3.46. The number of hydrogen-bond donors (Lipinski definition) is 1. The van der Waals surface area contributed by atoms with Gasteiger partial charge < -0.3 is 9.88 Å². The predicted octanol–water partition coefficient (Wildman–Crippen LogP) is 3.68. The third kappa shape index (κ3) is 4.25. The number of carbonyl (C=O) groups excluding carboxylic acids is 1. The Hall–Kier alpha value is -1.86. The van der Waals surface area contributed by atoms with E-state index < -0.39 is 10.0 Å². The summed E-state index contributed by atoms with van der Waals surface area (Å²) in [6.45, 7) is 5.96. The van der Waals surface area contributed by atoms with Crippen LogP contribution in [0.5, 0.6) is 0 Å². The minimum atomic E-state index is -3.46. The highest BCUT2D eigenvalue weighted by atomic mass is 32.2. The average molecular weight is 406 g/mol. The average Bonchev–Trinajstić information content (AvgIpc) is 3.12. The van der Waals surface area contributed by atoms with Crippen LogP contribution < -0.4 is 5.32 Å². The molecule has 28 heavy (non-hydrogen) atoms. The van der Waals surface area contributed by atoms with E-state index in [4.69, 9.17) is 0 Å². The molecule has 1 saturated heterocycles. The Morgan fingerprint density at radius 2 is 1.89 bits per heavy atom. The maximum atomic E-state index is 12.9. The molecule has 2 heterocycles. The molecule has 1 unspecified atom stereocenters. The van der Waals surface area contributed by atoms with Crippen molar-refractivity contribution in [1.29, 1.82) is 0 Å². The van der Waals surface area contributed by atoms with Gasteiger partial charge in [0.1, 0.15) is 6.04 Å². The first-order valence-corrected chi connectivity index (χ1v) is 11.8. The Kier molecular flexibility index (Phi) is 6.78. The summed E-state index contributed by atoms with van der Waals surface area (Å²) in [4.78, 5) is 12.9. The zero-order chi connectivity index (χ0) is 20.1. The highest BCUT2D eigenvalue weighted by molar-refractivity contribution is 7.89. The third-order valence-electron chi connectivity index (χ3n) is 5.50. The molecule has 1 aliphatic rings. The topological polar surface area (TPSA) is 71.4 Å². The third-order valence-corrected chi connectivity index (χ3v) is 7.39. The monoisotopic (exact) mass is 405 g/mol. The van der Waals surface area contributed by atoms with E-state index in [0.29, 0.717) is 31.0 Å². The molecule has 1 N–H and O–H groups in total. The molecule has 0 spiro atoms. The van der Waals surface area contributed by atoms with E-state index in [2.05, 4.69) is 12.2 Å². The minimum absolute atomic E-state index is 0.0125. The summed E-state index contributed by atoms with van der Waals surface area (Å²) < 4.78 is 29.4. The van der Waals surface area contributed by atoms with Crippen LogP contribution in [-0.4, -0.2) is 42.8 Å². The van der Waals surface area contributed by atoms with Gasteiger partial charge in [-0.1, -0.05) is 26.7 Å². The first-order valence-electron chi connectivity index (χ1n) is 10.4. The van der Waals surface area contributed by atoms with Gasteiger partial charge in [-0.15, -0.1) is 0 Å². The molecular formula is C21H31N3O3S. The lowest BCUT2D eigenvalue weighted by Gasteiger charge is -2.26. The van der Waals surface area contributed by atoms with Crippen LogP contribution in [0.25, 0.3) is 10.9 Å². The Balaban J connectivity index is 1.86. The Bertz CT molecular complexity index is 914. The molecule has 6 nitrogen and oxygen atoms in total. The van der Waals surface area contributed by atoms with Gasteiger partial charge in [-0.25, -0.2) is 8.42 Å². The van der Waals surface area contributed by atoms with E-state index >= 15 is 0 Å². The van der Waals surface area contributed by atoms with Crippen molar-refractivity contribution < 1.29 is 13.2 Å². The zero-order valence-corrected chi connectivity index (χ0v) is 17.7. The number of sulfonamides is 1. The van der Waals surface area contributed by atoms with Gasteiger partial charge in [0, 0.05) is 36.7 Å². The number of nitrogens with one attached hydrogen (secondary N) is 1. The first kappa shape index (κ1) is 20.9. The van der Waals surface area contributed by atoms with Crippen molar-refractivity contribution in [2.45, 2.75) is 63.3 Å². The molecule has 1 atom stereocenters. The fourth-order valence-corrected chi connectivity index (χ4v) is 5.40. The minimum Gasteiger partial charge on any atom is -0.354 e. The summed E-state index contributed by atoms with van der Waals surface area (Å²) in [6, 6.07) is 6.83. The first-order chi connectivity index (χ1) is 13.5. The molecule has 0 radical (unpaired) electrons. The number of unbranched alkanes of at least 4 members (excludes halogenated alkanes) is 1. The molecular weight excluding hydrogens is 374 g/mol. The molecule has 7 heteroatoms. The Morgan fingerprint density at radius 1 is 1.14 bits per heavy atom. The summed E-state index contributed by atoms with van der Waals surface area (Å²) in [5.41, 5.74) is 0.884. The van der Waals surface area contributed by atoms with Gasteiger partial charge in [0.05, 0.1) is 4.90 Å². The number of hydrogen-bond acceptors (Lipinski definition) is 3. The summed E-state index contributed by atoms with van der Waals surface area (Å²) >= 11 is 0. The van der Waals surface area contributed by atoms with E-state index in [9.17, 15) is 13.2 Å². The van der Waals surface area contributed by atoms with Crippen LogP contribution in [0.2, 0.25) is 0 Å². The molecule has 0 bridgehead atoms. The van der Waals surface area contributed by atoms with Crippen LogP contribution in [-0.2, 0) is 14.8 Å². The van der Waals surface area contributed by atoms with Crippen LogP contribution in [0, 0.1) is 0 Å². The van der Waals surface area contributed by atoms with E-state index in [1.54, 1.807) is 16.4 Å². The smallest absolute Gasteiger partial charge is 0.243 e. The lowest BCUT2D eigenvalue weighted by atomic mass is 10.2. The Morgan fingerprint density at radius 3 is 2.57 bits per heavy atom. The number of nitrogens with zero attached hydrogens (tertiary/aromatic N) is 2. The highest BCUT2D eigenvalue weighted by Crippen LogP contribution is 2.27. The maximum Gasteiger partial charge on any atom is 0.243 e. The van der Waals surface area contributed by atoms with Gasteiger partial charge in [-0.05, 0) is 49.9 Å². The molecule has 1 aliphatic heterocycles. The number of amides is 1. The van der Waals surface area contributed by atoms with Gasteiger partial charge in [0.2, 0.25) is 15.9 Å². The largest absolute Gasteiger partial charge is 0.354 e. The van der Waals surface area contributed by atoms with Crippen molar-refractivity contribution in [2.75, 3.05) is 19.6 Å². The maximum absolute atomic E-state index is 12.9. The number of benzene rings is 1. The van der Waals surface area contributed by atoms with Crippen LogP contribution >= 0.6 is 0 Å². The second kappa shape index (κ2) is 9.09. The van der Waals surface area contributed by atoms with Gasteiger partial charge in [0.15, 0.2) is 0 Å². The fraction of sp³-hybridized carbons (Fsp3) is 0.571. The molecule has 1 aromatic carbocycles. The van der Waals surface area contributed by atoms with Crippen molar-refractivity contribution in [2.24, 2.45) is 0 Å². The number of piperidine rings is 1. The number of carbonyl (C=O) groups is 1. The SMILES string of the molecule is CCCCNC(=O)C(CC)n1ccc2cc(S(=O)(=O)N3CCCCC3)ccc21. The van der Waals surface area contributed by atoms with Gasteiger partial charge in [0.25, 0.3) is 0 Å². The van der Waals surface area contributed by atoms with Crippen molar-refractivity contribution in [3.05, 3.63) is 30.5 Å². The zero-order valence-electron chi connectivity index (χ0n) is 16.9. The Labute approximate surface area is 168 Å². The van der Waals surface area contributed by atoms with Crippen LogP contribution in [0.4, 0.5) is 0 Å². The molecule has 0 aliphatic carbocycles. The second-order valence-corrected chi connectivity index (χ2v) is 9.41. The molecule has 1 aromatic heterocycles. The number of fused-ring (bicyclic) bond motifs is 1. The lowest BCUT2D eigenvalue weighted by molar-refractivity contribution is -0.124. The van der Waals surface area contributed by atoms with E-state index in [0.717, 1.165) is 43.0 Å². The molecule has 154 valence electrons. The highest BCUT2D eigenvalue weighted by Gasteiger charge is 2.27. The summed E-state index contributed by atoms with van der Waals surface area (Å²) in [6.07, 6.45) is 7.49. The van der Waals surface area contributed by atoms with E-state index in [-0.39, 0.29) is 11.9 Å². The van der Waals surface area contributed by atoms with Gasteiger partial charge >= 0.3 is 0 Å². The fourth-order valence-electron chi connectivity index (χ4n) is 3.84. The van der Waals surface area contributed by atoms with E-state index in [1.165, 1.54) is 0 Å². The lowest BCUT2D eigenvalue weighted by Crippen LogP contribution is -2.35. The van der Waals surface area contributed by atoms with Crippen molar-refractivity contribution >= 4 is 26.8 Å². The van der Waals surface area contributed by atoms with Gasteiger partial charge in [-0.3, -0.25) is 4.79 Å². The van der Waals surface area contributed by atoms with Crippen molar-refractivity contribution in [3.63, 3.8) is 0 Å². The second-order valence-electron chi connectivity index (χ2n) is 7.48. The van der Waals surface area contributed by atoms with Crippen molar-refractivity contribution in [3.8, 4) is 0 Å². The predicted molar refractivity (Wildman–Crippen MR) is 112 cm³/mol. The summed E-state index contributed by atoms with van der Waals surface area (Å²) in [5, 5.41) is 3.85. The molecule has 1 fully saturated rings. The van der Waals surface area contributed by atoms with Gasteiger partial charge in [-0.2, -0.15) is 4.31 Å². The standard InChI is InChI=1S/C21H31N3O3S/c1-3-5-12-22-21(25)19(4-2)24-15-11-17-16-18(9-10-20(17)24)28(26,27)23-13-7-6-8-14-23/h9-11,15-16,19H,3-8,12-14H2,1-2H3,(H,22,25). The molecule has 3 rings (SSSR count).